The second-order valence-corrected chi connectivity index (χ2v) is 15.6. The van der Waals surface area contributed by atoms with Crippen LogP contribution >= 0.6 is 10.7 Å². The Kier molecular flexibility index (Phi) is 13.4. The molecular formula is C38H33ClN4O8S2. The number of halogens is 1. The minimum Gasteiger partial charge on any atom is -0.320 e. The summed E-state index contributed by atoms with van der Waals surface area (Å²) in [6.07, 6.45) is 10.6. The number of sulfonamides is 1. The number of hydrogen-bond acceptors (Lipinski definition) is 9. The van der Waals surface area contributed by atoms with E-state index in [-0.39, 0.29) is 53.1 Å². The highest BCUT2D eigenvalue weighted by atomic mass is 35.7. The zero-order valence-electron chi connectivity index (χ0n) is 28.1. The fourth-order valence-corrected chi connectivity index (χ4v) is 6.94. The first-order valence-electron chi connectivity index (χ1n) is 15.8. The zero-order valence-corrected chi connectivity index (χ0v) is 30.5. The molecule has 6 rings (SSSR count). The van der Waals surface area contributed by atoms with E-state index >= 15 is 0 Å². The molecule has 0 aromatic heterocycles. The minimum atomic E-state index is -3.75. The Morgan fingerprint density at radius 3 is 1.23 bits per heavy atom. The molecule has 4 amide bonds. The van der Waals surface area contributed by atoms with Crippen molar-refractivity contribution in [3.8, 4) is 24.7 Å². The zero-order chi connectivity index (χ0) is 38.8. The summed E-state index contributed by atoms with van der Waals surface area (Å²) in [4.78, 5) is 51.6. The number of imide groups is 2. The van der Waals surface area contributed by atoms with Crippen molar-refractivity contribution in [2.45, 2.75) is 22.6 Å². The third-order valence-electron chi connectivity index (χ3n) is 7.93. The maximum absolute atomic E-state index is 12.3. The monoisotopic (exact) mass is 772 g/mol. The second-order valence-electron chi connectivity index (χ2n) is 11.3. The lowest BCUT2D eigenvalue weighted by molar-refractivity contribution is 0.0640. The van der Waals surface area contributed by atoms with Gasteiger partial charge in [0.1, 0.15) is 0 Å². The second kappa shape index (κ2) is 17.7. The molecule has 2 heterocycles. The normalized spacial score (nSPS) is 13.2. The van der Waals surface area contributed by atoms with Crippen molar-refractivity contribution < 1.29 is 36.0 Å². The maximum atomic E-state index is 12.3. The van der Waals surface area contributed by atoms with Gasteiger partial charge in [-0.05, 0) is 72.5 Å². The molecule has 0 unspecified atom stereocenters. The number of nitrogens with one attached hydrogen (secondary N) is 1. The van der Waals surface area contributed by atoms with Crippen LogP contribution in [0.2, 0.25) is 0 Å². The summed E-state index contributed by atoms with van der Waals surface area (Å²) in [6.45, 7) is 0.733. The van der Waals surface area contributed by atoms with Crippen LogP contribution in [0, 0.1) is 24.7 Å². The van der Waals surface area contributed by atoms with Gasteiger partial charge in [-0.3, -0.25) is 29.0 Å². The molecule has 15 heteroatoms. The molecule has 0 saturated carbocycles. The van der Waals surface area contributed by atoms with Crippen LogP contribution in [0.25, 0.3) is 0 Å². The molecule has 3 N–H and O–H groups in total. The predicted octanol–water partition coefficient (Wildman–Crippen LogP) is 3.47. The van der Waals surface area contributed by atoms with E-state index in [4.69, 9.17) is 22.8 Å². The van der Waals surface area contributed by atoms with Gasteiger partial charge in [-0.25, -0.2) is 16.8 Å². The van der Waals surface area contributed by atoms with Crippen LogP contribution in [-0.2, 0) is 31.9 Å². The van der Waals surface area contributed by atoms with E-state index in [1.165, 1.54) is 34.1 Å². The Bertz CT molecular complexity index is 2260. The smallest absolute Gasteiger partial charge is 0.261 e. The third kappa shape index (κ3) is 9.84. The lowest BCUT2D eigenvalue weighted by Crippen LogP contribution is -2.31. The van der Waals surface area contributed by atoms with Crippen molar-refractivity contribution in [3.63, 3.8) is 0 Å². The Morgan fingerprint density at radius 2 is 0.925 bits per heavy atom. The molecule has 4 aromatic carbocycles. The number of terminal acetylenes is 2. The van der Waals surface area contributed by atoms with Gasteiger partial charge in [-0.15, -0.1) is 12.8 Å². The van der Waals surface area contributed by atoms with Crippen LogP contribution in [-0.4, -0.2) is 76.4 Å². The predicted molar refractivity (Wildman–Crippen MR) is 199 cm³/mol. The number of fused-ring (bicyclic) bond motifs is 2. The molecule has 4 aromatic rings. The van der Waals surface area contributed by atoms with Gasteiger partial charge in [0.2, 0.25) is 10.0 Å². The molecular weight excluding hydrogens is 740 g/mol. The van der Waals surface area contributed by atoms with Gasteiger partial charge >= 0.3 is 0 Å². The van der Waals surface area contributed by atoms with Crippen molar-refractivity contribution in [3.05, 3.63) is 130 Å². The summed E-state index contributed by atoms with van der Waals surface area (Å²) in [6, 6.07) is 25.7. The minimum absolute atomic E-state index is 0.0173. The van der Waals surface area contributed by atoms with Gasteiger partial charge in [-0.1, -0.05) is 60.4 Å². The van der Waals surface area contributed by atoms with E-state index in [1.807, 2.05) is 0 Å². The lowest BCUT2D eigenvalue weighted by Gasteiger charge is -2.14. The third-order valence-corrected chi connectivity index (χ3v) is 10.7. The van der Waals surface area contributed by atoms with E-state index in [0.29, 0.717) is 41.6 Å². The van der Waals surface area contributed by atoms with Gasteiger partial charge in [0.25, 0.3) is 32.7 Å². The highest BCUT2D eigenvalue weighted by Crippen LogP contribution is 2.24. The molecule has 53 heavy (non-hydrogen) atoms. The van der Waals surface area contributed by atoms with Crippen LogP contribution in [0.15, 0.2) is 107 Å². The summed E-state index contributed by atoms with van der Waals surface area (Å²) < 4.78 is 48.6. The van der Waals surface area contributed by atoms with Crippen LogP contribution in [0.3, 0.4) is 0 Å². The molecule has 0 radical (unpaired) electrons. The first-order chi connectivity index (χ1) is 25.2. The standard InChI is InChI=1S/C19H16N2O4S.C16H12ClNO4S.C3H5N/c1-2-12-20-26(24,25)15-9-7-14(8-10-15)11-13-21-18(22)16-5-3-4-6-17(16)19(21)23;17-23(21,22)12-7-5-11(6-8-12)9-10-18-15(19)13-3-1-2-4-14(13)16(18)20;1-2-3-4/h1,3-10,20H,11-13H2;1-8H,9-10H2;1H,3-4H2. The first kappa shape index (κ1) is 40.2. The molecule has 0 atom stereocenters. The molecule has 12 nitrogen and oxygen atoms in total. The van der Waals surface area contributed by atoms with Crippen LogP contribution < -0.4 is 10.5 Å². The van der Waals surface area contributed by atoms with Crippen molar-refractivity contribution in [2.75, 3.05) is 26.2 Å². The summed E-state index contributed by atoms with van der Waals surface area (Å²) in [5, 5.41) is 0. The van der Waals surface area contributed by atoms with Gasteiger partial charge in [0.05, 0.1) is 45.1 Å². The first-order valence-corrected chi connectivity index (χ1v) is 19.6. The van der Waals surface area contributed by atoms with Crippen LogP contribution in [0.4, 0.5) is 0 Å². The molecule has 0 fully saturated rings. The lowest BCUT2D eigenvalue weighted by atomic mass is 10.1. The van der Waals surface area contributed by atoms with E-state index in [0.717, 1.165) is 11.1 Å². The van der Waals surface area contributed by atoms with E-state index < -0.39 is 19.1 Å². The van der Waals surface area contributed by atoms with Gasteiger partial charge < -0.3 is 5.73 Å². The number of carbonyl (C=O) groups is 4. The van der Waals surface area contributed by atoms with Crippen molar-refractivity contribution in [2.24, 2.45) is 5.73 Å². The number of benzene rings is 4. The number of carbonyl (C=O) groups excluding carboxylic acids is 4. The Labute approximate surface area is 312 Å². The highest BCUT2D eigenvalue weighted by Gasteiger charge is 2.35. The molecule has 0 aliphatic carbocycles. The number of hydrogen-bond donors (Lipinski definition) is 2. The van der Waals surface area contributed by atoms with Crippen LogP contribution in [0.5, 0.6) is 0 Å². The number of amides is 4. The van der Waals surface area contributed by atoms with Crippen molar-refractivity contribution >= 4 is 53.4 Å². The molecule has 2 aliphatic rings. The van der Waals surface area contributed by atoms with Crippen molar-refractivity contribution in [1.82, 2.24) is 14.5 Å². The molecule has 272 valence electrons. The number of nitrogens with two attached hydrogens (primary N) is 1. The summed E-state index contributed by atoms with van der Waals surface area (Å²) >= 11 is 0. The molecule has 0 saturated heterocycles. The quantitative estimate of drug-likeness (QED) is 0.139. The number of nitrogens with zero attached hydrogens (tertiary/aromatic N) is 2. The van der Waals surface area contributed by atoms with E-state index in [2.05, 4.69) is 23.0 Å². The summed E-state index contributed by atoms with van der Waals surface area (Å²) in [7, 11) is -2.13. The van der Waals surface area contributed by atoms with Crippen LogP contribution in [0.1, 0.15) is 52.6 Å². The van der Waals surface area contributed by atoms with E-state index in [1.54, 1.807) is 72.8 Å². The van der Waals surface area contributed by atoms with Crippen molar-refractivity contribution in [1.29, 1.82) is 0 Å². The van der Waals surface area contributed by atoms with E-state index in [9.17, 15) is 36.0 Å². The fourth-order valence-electron chi connectivity index (χ4n) is 5.24. The van der Waals surface area contributed by atoms with Gasteiger partial charge in [0, 0.05) is 23.8 Å². The highest BCUT2D eigenvalue weighted by molar-refractivity contribution is 8.13. The van der Waals surface area contributed by atoms with Gasteiger partial charge in [0.15, 0.2) is 0 Å². The molecule has 2 aliphatic heterocycles. The average Bonchev–Trinajstić information content (AvgIpc) is 3.55. The Morgan fingerprint density at radius 1 is 0.585 bits per heavy atom. The average molecular weight is 773 g/mol. The largest absolute Gasteiger partial charge is 0.320 e. The maximum Gasteiger partial charge on any atom is 0.261 e. The fraction of sp³-hybridized carbons (Fsp3) is 0.158. The molecule has 0 bridgehead atoms. The Hall–Kier alpha value is -5.61. The topological polar surface area (TPSA) is 181 Å². The summed E-state index contributed by atoms with van der Waals surface area (Å²) in [5.41, 5.74) is 8.09. The van der Waals surface area contributed by atoms with Gasteiger partial charge in [-0.2, -0.15) is 4.72 Å². The number of rotatable bonds is 10. The Balaban J connectivity index is 0.000000216. The SMILES string of the molecule is C#CCN.C#CCNS(=O)(=O)c1ccc(CCN2C(=O)c3ccccc3C2=O)cc1.O=C1c2ccccc2C(=O)N1CCc1ccc(S(=O)(=O)Cl)cc1. The molecule has 0 spiro atoms. The summed E-state index contributed by atoms with van der Waals surface area (Å²) in [5.74, 6) is 3.22.